The number of nitro groups is 1. The third kappa shape index (κ3) is 8.61. The molecule has 1 radical (unpaired) electrons. The molecule has 0 amide bonds. The molecule has 0 aliphatic carbocycles. The van der Waals surface area contributed by atoms with E-state index in [1.165, 1.54) is 49.4 Å². The van der Waals surface area contributed by atoms with E-state index in [1.54, 1.807) is 24.3 Å². The molecule has 0 spiro atoms. The van der Waals surface area contributed by atoms with Crippen LogP contribution in [0.1, 0.15) is 18.9 Å². The minimum Gasteiger partial charge on any atom is -0.871 e. The van der Waals surface area contributed by atoms with Crippen molar-refractivity contribution >= 4 is 55.3 Å². The Bertz CT molecular complexity index is 2550. The smallest absolute Gasteiger partial charge is 0.871 e. The van der Waals surface area contributed by atoms with Crippen LogP contribution in [0.2, 0.25) is 0 Å². The van der Waals surface area contributed by atoms with Crippen LogP contribution in [0.25, 0.3) is 16.5 Å². The summed E-state index contributed by atoms with van der Waals surface area (Å²) in [6, 6.07) is 23.9. The number of aromatic nitrogens is 2. The van der Waals surface area contributed by atoms with Gasteiger partial charge in [0, 0.05) is 28.8 Å². The molecule has 0 unspecified atom stereocenters. The first-order valence-corrected chi connectivity index (χ1v) is 15.8. The Morgan fingerprint density at radius 1 is 0.808 bits per heavy atom. The fraction of sp³-hybridized carbons (Fsp3) is 0.0303. The van der Waals surface area contributed by atoms with Gasteiger partial charge in [-0.15, -0.1) is 15.9 Å². The minimum absolute atomic E-state index is 0. The number of hydrogen-bond donors (Lipinski definition) is 0. The van der Waals surface area contributed by atoms with Gasteiger partial charge in [-0.2, -0.15) is 10.2 Å². The van der Waals surface area contributed by atoms with Crippen molar-refractivity contribution in [1.82, 2.24) is 9.78 Å². The van der Waals surface area contributed by atoms with Gasteiger partial charge < -0.3 is 34.4 Å². The van der Waals surface area contributed by atoms with Crippen molar-refractivity contribution in [3.05, 3.63) is 135 Å². The van der Waals surface area contributed by atoms with Crippen LogP contribution in [0, 0.1) is 17.0 Å². The summed E-state index contributed by atoms with van der Waals surface area (Å²) in [4.78, 5) is 33.2. The van der Waals surface area contributed by atoms with Crippen molar-refractivity contribution in [2.24, 2.45) is 20.5 Å². The molecule has 19 heteroatoms. The third-order valence-corrected chi connectivity index (χ3v) is 7.86. The number of carbonyl (C=O) groups excluding carboxylic acids is 1. The first-order valence-electron chi connectivity index (χ1n) is 14.4. The first kappa shape index (κ1) is 38.3. The van der Waals surface area contributed by atoms with Crippen molar-refractivity contribution < 1.29 is 58.2 Å². The summed E-state index contributed by atoms with van der Waals surface area (Å²) < 4.78 is 33.9. The number of aromatic carboxylic acids is 1. The van der Waals surface area contributed by atoms with Crippen molar-refractivity contribution in [2.45, 2.75) is 11.8 Å². The van der Waals surface area contributed by atoms with Gasteiger partial charge in [-0.25, -0.2) is 8.42 Å². The maximum Gasteiger partial charge on any atom is 3.00 e. The number of carbonyl (C=O) groups is 1. The fourth-order valence-corrected chi connectivity index (χ4v) is 4.99. The third-order valence-electron chi connectivity index (χ3n) is 7.01. The molecule has 0 fully saturated rings. The van der Waals surface area contributed by atoms with E-state index in [0.717, 1.165) is 34.3 Å². The number of nitro benzene ring substituents is 1. The van der Waals surface area contributed by atoms with Gasteiger partial charge >= 0.3 is 20.2 Å². The summed E-state index contributed by atoms with van der Waals surface area (Å²) in [6.07, 6.45) is 0. The standard InChI is InChI=1S/C17H14N4O6S.C16H11N3O4.Cr/c1-10-15(19-18-14-5-3-2-4-13(14)17(23)24)16(22)21(20-10)11-6-8-12(9-7-11)28(25,26)27;20-14-8-5-10-3-1-2-4-12(10)16(14)18-17-13-7-6-11(19(22)23)9-15(13)21;/h2-9H,1H3,(H3,18,20,22,23,24,25,26,27);1-9,20-21H;/q;;+3/p-3. The van der Waals surface area contributed by atoms with E-state index in [9.17, 15) is 48.0 Å². The van der Waals surface area contributed by atoms with Gasteiger partial charge in [0.2, 0.25) is 0 Å². The summed E-state index contributed by atoms with van der Waals surface area (Å²) in [5, 5.41) is 66.2. The van der Waals surface area contributed by atoms with Crippen molar-refractivity contribution in [2.75, 3.05) is 0 Å². The first-order chi connectivity index (χ1) is 24.2. The molecule has 6 rings (SSSR count). The van der Waals surface area contributed by atoms with E-state index >= 15 is 0 Å². The number of carboxylic acid groups (broad SMARTS) is 1. The van der Waals surface area contributed by atoms with E-state index in [4.69, 9.17) is 0 Å². The van der Waals surface area contributed by atoms with Crippen LogP contribution in [-0.2, 0) is 27.5 Å². The van der Waals surface area contributed by atoms with Gasteiger partial charge in [-0.3, -0.25) is 14.9 Å². The Morgan fingerprint density at radius 2 is 1.44 bits per heavy atom. The Kier molecular flexibility index (Phi) is 11.8. The molecule has 0 aliphatic rings. The molecular weight excluding hydrogens is 738 g/mol. The van der Waals surface area contributed by atoms with Gasteiger partial charge in [-0.05, 0) is 41.8 Å². The molecule has 6 aromatic rings. The molecule has 0 atom stereocenters. The van der Waals surface area contributed by atoms with E-state index < -0.39 is 37.2 Å². The number of nitrogens with zero attached hydrogens (tertiary/aromatic N) is 7. The van der Waals surface area contributed by atoms with Crippen molar-refractivity contribution in [3.8, 4) is 17.2 Å². The van der Waals surface area contributed by atoms with Gasteiger partial charge in [0.1, 0.15) is 15.8 Å². The molecule has 261 valence electrons. The number of benzene rings is 5. The number of hydrogen-bond acceptors (Lipinski definition) is 14. The fourth-order valence-electron chi connectivity index (χ4n) is 4.52. The van der Waals surface area contributed by atoms with E-state index in [1.807, 2.05) is 12.1 Å². The number of aryl methyl sites for hydroxylation is 1. The molecular formula is C33H22CrN7O10S. The largest absolute Gasteiger partial charge is 3.00 e. The number of rotatable bonds is 8. The quantitative estimate of drug-likeness (QED) is 0.0912. The molecule has 0 N–H and O–H groups in total. The molecule has 5 aromatic carbocycles. The number of azo groups is 2. The minimum atomic E-state index is -4.61. The molecule has 17 nitrogen and oxygen atoms in total. The maximum atomic E-state index is 12.6. The summed E-state index contributed by atoms with van der Waals surface area (Å²) >= 11 is 0. The number of non-ortho nitro benzene ring substituents is 1. The van der Waals surface area contributed by atoms with Crippen LogP contribution in [-0.4, -0.2) is 28.5 Å². The van der Waals surface area contributed by atoms with E-state index in [-0.39, 0.29) is 71.3 Å². The second-order valence-electron chi connectivity index (χ2n) is 10.3. The Balaban J connectivity index is 0.000000359. The molecule has 0 saturated heterocycles. The number of fused-ring (bicyclic) bond motifs is 1. The van der Waals surface area contributed by atoms with Crippen LogP contribution >= 0.6 is 0 Å². The second kappa shape index (κ2) is 16.0. The van der Waals surface area contributed by atoms with Crippen LogP contribution in [0.5, 0.6) is 11.5 Å². The zero-order valence-electron chi connectivity index (χ0n) is 28.3. The molecule has 1 aromatic heterocycles. The Labute approximate surface area is 306 Å². The van der Waals surface area contributed by atoms with Gasteiger partial charge in [0.15, 0.2) is 0 Å². The van der Waals surface area contributed by atoms with Crippen LogP contribution in [0.3, 0.4) is 0 Å². The zero-order valence-corrected chi connectivity index (χ0v) is 28.4. The SMILES string of the molecule is Cc1[n-]n(-c2ccc(S(=O)(=O)[O-])cc2)c(=O)c1N=Nc1ccccc1C(=O)[O-].O=[N+]([O-])c1ccc(N=Nc2c([O-])ccc3ccccc23)c([O-])c1.[Cr+3].[H+].[H+]. The van der Waals surface area contributed by atoms with Crippen LogP contribution in [0.15, 0.2) is 133 Å². The van der Waals surface area contributed by atoms with Gasteiger partial charge in [0.05, 0.1) is 32.9 Å². The zero-order chi connectivity index (χ0) is 36.9. The molecule has 52 heavy (non-hydrogen) atoms. The predicted molar refractivity (Wildman–Crippen MR) is 175 cm³/mol. The van der Waals surface area contributed by atoms with Crippen molar-refractivity contribution in [1.29, 1.82) is 0 Å². The summed E-state index contributed by atoms with van der Waals surface area (Å²) in [5.74, 6) is -2.38. The van der Waals surface area contributed by atoms with E-state index in [0.29, 0.717) is 5.39 Å². The topological polar surface area (TPSA) is 272 Å². The molecule has 1 heterocycles. The van der Waals surface area contributed by atoms with Gasteiger partial charge in [-0.1, -0.05) is 73.0 Å². The maximum absolute atomic E-state index is 12.6. The molecule has 0 saturated carbocycles. The predicted octanol–water partition coefficient (Wildman–Crippen LogP) is 4.32. The van der Waals surface area contributed by atoms with E-state index in [2.05, 4.69) is 25.6 Å². The molecule has 0 bridgehead atoms. The second-order valence-corrected chi connectivity index (χ2v) is 11.7. The Hall–Kier alpha value is -6.52. The number of carboxylic acids is 1. The van der Waals surface area contributed by atoms with Crippen LogP contribution < -0.4 is 26.0 Å². The average Bonchev–Trinajstić information content (AvgIpc) is 3.39. The summed E-state index contributed by atoms with van der Waals surface area (Å²) in [5.41, 5.74) is -0.750. The summed E-state index contributed by atoms with van der Waals surface area (Å²) in [6.45, 7) is 1.51. The molecule has 0 aliphatic heterocycles. The summed E-state index contributed by atoms with van der Waals surface area (Å²) in [7, 11) is -4.61. The normalized spacial score (nSPS) is 11.3. The Morgan fingerprint density at radius 3 is 2.10 bits per heavy atom. The average molecular weight is 761 g/mol. The monoisotopic (exact) mass is 760 g/mol. The van der Waals surface area contributed by atoms with Crippen LogP contribution in [0.4, 0.5) is 28.4 Å². The van der Waals surface area contributed by atoms with Crippen molar-refractivity contribution in [3.63, 3.8) is 0 Å². The van der Waals surface area contributed by atoms with Gasteiger partial charge in [0.25, 0.3) is 11.2 Å².